The molecule has 0 amide bonds. The van der Waals surface area contributed by atoms with Gasteiger partial charge in [-0.3, -0.25) is 4.79 Å². The molecular formula is C21H30O5. The fourth-order valence-electron chi connectivity index (χ4n) is 2.06. The molecule has 0 unspecified atom stereocenters. The van der Waals surface area contributed by atoms with Gasteiger partial charge in [0.2, 0.25) is 0 Å². The second kappa shape index (κ2) is 14.8. The zero-order chi connectivity index (χ0) is 19.8. The van der Waals surface area contributed by atoms with Gasteiger partial charge in [0, 0.05) is 12.0 Å². The molecule has 0 saturated carbocycles. The second-order valence-corrected chi connectivity index (χ2v) is 5.76. The minimum Gasteiger partial charge on any atom is -0.506 e. The topological polar surface area (TPSA) is 94.8 Å². The van der Waals surface area contributed by atoms with Gasteiger partial charge >= 0.3 is 11.9 Å². The number of aromatic carboxylic acids is 1. The maximum absolute atomic E-state index is 10.8. The smallest absolute Gasteiger partial charge is 0.339 e. The van der Waals surface area contributed by atoms with E-state index in [2.05, 4.69) is 19.9 Å². The minimum atomic E-state index is -1.11. The first kappa shape index (κ1) is 23.4. The van der Waals surface area contributed by atoms with Crippen molar-refractivity contribution in [3.63, 3.8) is 0 Å². The monoisotopic (exact) mass is 362 g/mol. The van der Waals surface area contributed by atoms with Crippen LogP contribution >= 0.6 is 0 Å². The number of para-hydroxylation sites is 1. The van der Waals surface area contributed by atoms with E-state index < -0.39 is 11.9 Å². The zero-order valence-electron chi connectivity index (χ0n) is 15.6. The molecule has 5 nitrogen and oxygen atoms in total. The number of rotatable bonds is 10. The van der Waals surface area contributed by atoms with Crippen LogP contribution < -0.4 is 0 Å². The molecule has 0 radical (unpaired) electrons. The first-order valence-electron chi connectivity index (χ1n) is 9.02. The number of carboxylic acid groups (broad SMARTS) is 2. The van der Waals surface area contributed by atoms with Crippen LogP contribution in [0, 0.1) is 0 Å². The fraction of sp³-hybridized carbons (Fsp3) is 0.429. The molecular weight excluding hydrogens is 332 g/mol. The lowest BCUT2D eigenvalue weighted by atomic mass is 10.1. The van der Waals surface area contributed by atoms with Crippen molar-refractivity contribution in [1.82, 2.24) is 0 Å². The molecule has 0 saturated heterocycles. The molecule has 0 aliphatic carbocycles. The maximum atomic E-state index is 10.8. The van der Waals surface area contributed by atoms with Crippen molar-refractivity contribution in [3.8, 4) is 5.75 Å². The highest BCUT2D eigenvalue weighted by molar-refractivity contribution is 5.92. The number of hydrogen-bond acceptors (Lipinski definition) is 3. The molecule has 0 fully saturated rings. The Labute approximate surface area is 155 Å². The van der Waals surface area contributed by atoms with Crippen molar-refractivity contribution in [3.05, 3.63) is 47.6 Å². The molecule has 26 heavy (non-hydrogen) atoms. The van der Waals surface area contributed by atoms with Crippen molar-refractivity contribution in [1.29, 1.82) is 0 Å². The molecule has 0 aliphatic rings. The van der Waals surface area contributed by atoms with E-state index in [1.807, 2.05) is 12.2 Å². The van der Waals surface area contributed by atoms with Gasteiger partial charge in [-0.15, -0.1) is 0 Å². The van der Waals surface area contributed by atoms with E-state index >= 15 is 0 Å². The number of aliphatic carboxylic acids is 1. The van der Waals surface area contributed by atoms with Gasteiger partial charge in [-0.2, -0.15) is 0 Å². The largest absolute Gasteiger partial charge is 0.506 e. The second-order valence-electron chi connectivity index (χ2n) is 5.76. The quantitative estimate of drug-likeness (QED) is 0.377. The average Bonchev–Trinajstić information content (AvgIpc) is 2.60. The Hall–Kier alpha value is -2.56. The Balaban J connectivity index is 0.000000541. The zero-order valence-corrected chi connectivity index (χ0v) is 15.6. The van der Waals surface area contributed by atoms with Crippen molar-refractivity contribution in [2.45, 2.75) is 58.8 Å². The van der Waals surface area contributed by atoms with E-state index in [4.69, 9.17) is 10.2 Å². The van der Waals surface area contributed by atoms with Gasteiger partial charge in [0.1, 0.15) is 11.3 Å². The van der Waals surface area contributed by atoms with Crippen LogP contribution in [0.5, 0.6) is 5.75 Å². The van der Waals surface area contributed by atoms with Crippen molar-refractivity contribution in [2.24, 2.45) is 0 Å². The number of carboxylic acids is 2. The summed E-state index contributed by atoms with van der Waals surface area (Å²) in [6.45, 7) is 4.17. The number of hydrogen-bond donors (Lipinski definition) is 3. The van der Waals surface area contributed by atoms with Gasteiger partial charge in [-0.25, -0.2) is 4.79 Å². The Morgan fingerprint density at radius 3 is 2.27 bits per heavy atom. The molecule has 0 aromatic heterocycles. The Kier molecular flexibility index (Phi) is 13.3. The molecule has 0 atom stereocenters. The molecule has 0 heterocycles. The van der Waals surface area contributed by atoms with Crippen LogP contribution in [-0.2, 0) is 4.79 Å². The summed E-state index contributed by atoms with van der Waals surface area (Å²) in [6, 6.07) is 4.72. The summed E-state index contributed by atoms with van der Waals surface area (Å²) in [6.07, 6.45) is 13.9. The molecule has 0 aliphatic heterocycles. The third-order valence-electron chi connectivity index (χ3n) is 3.48. The van der Waals surface area contributed by atoms with E-state index in [0.717, 1.165) is 38.5 Å². The fourth-order valence-corrected chi connectivity index (χ4v) is 2.06. The van der Waals surface area contributed by atoms with Gasteiger partial charge in [-0.1, -0.05) is 63.1 Å². The standard InChI is InChI=1S/C13H16O3.C8H14O2/c1-2-3-4-5-7-10-8-6-9-11(12(10)14)13(15)16;1-2-3-4-5-6-7-8(9)10/h5-9,14H,2-4H2,1H3,(H,15,16);3-4H,2,5-7H2,1H3,(H,9,10). The number of benzene rings is 1. The summed E-state index contributed by atoms with van der Waals surface area (Å²) in [5.41, 5.74) is 0.494. The van der Waals surface area contributed by atoms with E-state index in [1.165, 1.54) is 6.07 Å². The van der Waals surface area contributed by atoms with Crippen LogP contribution in [0.2, 0.25) is 0 Å². The molecule has 3 N–H and O–H groups in total. The highest BCUT2D eigenvalue weighted by Gasteiger charge is 2.10. The van der Waals surface area contributed by atoms with Gasteiger partial charge in [0.05, 0.1) is 0 Å². The highest BCUT2D eigenvalue weighted by atomic mass is 16.4. The predicted molar refractivity (Wildman–Crippen MR) is 105 cm³/mol. The van der Waals surface area contributed by atoms with E-state index in [9.17, 15) is 14.7 Å². The summed E-state index contributed by atoms with van der Waals surface area (Å²) in [7, 11) is 0. The first-order chi connectivity index (χ1) is 12.4. The lowest BCUT2D eigenvalue weighted by molar-refractivity contribution is -0.137. The summed E-state index contributed by atoms with van der Waals surface area (Å²) in [5.74, 6) is -1.98. The Morgan fingerprint density at radius 2 is 1.69 bits per heavy atom. The number of aromatic hydroxyl groups is 1. The predicted octanol–water partition coefficient (Wildman–Crippen LogP) is 5.50. The summed E-state index contributed by atoms with van der Waals surface area (Å²) < 4.78 is 0. The minimum absolute atomic E-state index is 0.0577. The van der Waals surface area contributed by atoms with Crippen LogP contribution in [-0.4, -0.2) is 27.3 Å². The van der Waals surface area contributed by atoms with Gasteiger partial charge in [0.25, 0.3) is 0 Å². The van der Waals surface area contributed by atoms with Crippen LogP contribution in [0.25, 0.3) is 6.08 Å². The molecule has 144 valence electrons. The number of unbranched alkanes of at least 4 members (excludes halogenated alkanes) is 3. The van der Waals surface area contributed by atoms with Crippen LogP contribution in [0.4, 0.5) is 0 Å². The average molecular weight is 362 g/mol. The Morgan fingerprint density at radius 1 is 1.00 bits per heavy atom. The van der Waals surface area contributed by atoms with Crippen LogP contribution in [0.3, 0.4) is 0 Å². The molecule has 1 rings (SSSR count). The summed E-state index contributed by atoms with van der Waals surface area (Å²) in [5, 5.41) is 26.7. The third-order valence-corrected chi connectivity index (χ3v) is 3.48. The first-order valence-corrected chi connectivity index (χ1v) is 9.02. The Bertz CT molecular complexity index is 602. The third kappa shape index (κ3) is 11.1. The molecule has 1 aromatic carbocycles. The molecule has 0 spiro atoms. The van der Waals surface area contributed by atoms with E-state index in [1.54, 1.807) is 18.2 Å². The molecule has 1 aromatic rings. The SMILES string of the molecule is CCC=CCCCC(=O)O.CCCCC=Cc1cccc(C(=O)O)c1O. The van der Waals surface area contributed by atoms with Crippen LogP contribution in [0.1, 0.15) is 74.7 Å². The van der Waals surface area contributed by atoms with Gasteiger partial charge in [0.15, 0.2) is 0 Å². The normalized spacial score (nSPS) is 10.7. The van der Waals surface area contributed by atoms with E-state index in [-0.39, 0.29) is 17.7 Å². The van der Waals surface area contributed by atoms with Crippen molar-refractivity contribution < 1.29 is 24.9 Å². The van der Waals surface area contributed by atoms with E-state index in [0.29, 0.717) is 5.56 Å². The van der Waals surface area contributed by atoms with Gasteiger partial charge < -0.3 is 15.3 Å². The van der Waals surface area contributed by atoms with Gasteiger partial charge in [-0.05, 0) is 31.7 Å². The van der Waals surface area contributed by atoms with Crippen molar-refractivity contribution in [2.75, 3.05) is 0 Å². The summed E-state index contributed by atoms with van der Waals surface area (Å²) in [4.78, 5) is 20.8. The maximum Gasteiger partial charge on any atom is 0.339 e. The lowest BCUT2D eigenvalue weighted by Crippen LogP contribution is -1.97. The lowest BCUT2D eigenvalue weighted by Gasteiger charge is -2.02. The molecule has 5 heteroatoms. The number of allylic oxidation sites excluding steroid dienone is 3. The summed E-state index contributed by atoms with van der Waals surface area (Å²) >= 11 is 0. The molecule has 0 bridgehead atoms. The van der Waals surface area contributed by atoms with Crippen LogP contribution in [0.15, 0.2) is 36.4 Å². The number of carbonyl (C=O) groups is 2. The van der Waals surface area contributed by atoms with Crippen molar-refractivity contribution >= 4 is 18.0 Å². The highest BCUT2D eigenvalue weighted by Crippen LogP contribution is 2.23. The number of phenols is 1.